The maximum absolute atomic E-state index is 11.5. The highest BCUT2D eigenvalue weighted by Crippen LogP contribution is 2.15. The van der Waals surface area contributed by atoms with Gasteiger partial charge in [-0.1, -0.05) is 6.92 Å². The Morgan fingerprint density at radius 2 is 1.93 bits per heavy atom. The number of hydrogen-bond donors (Lipinski definition) is 1. The molecule has 1 fully saturated rings. The van der Waals surface area contributed by atoms with E-state index < -0.39 is 10.0 Å². The summed E-state index contributed by atoms with van der Waals surface area (Å²) in [6, 6.07) is 0. The van der Waals surface area contributed by atoms with Crippen LogP contribution in [0.3, 0.4) is 0 Å². The van der Waals surface area contributed by atoms with E-state index in [1.54, 1.807) is 4.31 Å². The van der Waals surface area contributed by atoms with E-state index >= 15 is 0 Å². The largest absolute Gasteiger partial charge is 0.317 e. The van der Waals surface area contributed by atoms with Crippen LogP contribution in [0.25, 0.3) is 0 Å². The van der Waals surface area contributed by atoms with Crippen LogP contribution >= 0.6 is 0 Å². The van der Waals surface area contributed by atoms with Crippen molar-refractivity contribution in [1.29, 1.82) is 0 Å². The van der Waals surface area contributed by atoms with Gasteiger partial charge < -0.3 is 5.32 Å². The number of nitrogens with zero attached hydrogens (tertiary/aromatic N) is 1. The molecule has 0 aromatic carbocycles. The second kappa shape index (κ2) is 5.82. The van der Waals surface area contributed by atoms with Gasteiger partial charge in [0, 0.05) is 13.1 Å². The molecule has 0 unspecified atom stereocenters. The fraction of sp³-hybridized carbons (Fsp3) is 1.00. The van der Waals surface area contributed by atoms with Gasteiger partial charge in [-0.2, -0.15) is 0 Å². The van der Waals surface area contributed by atoms with Crippen molar-refractivity contribution in [2.24, 2.45) is 5.92 Å². The van der Waals surface area contributed by atoms with Gasteiger partial charge in [-0.25, -0.2) is 12.7 Å². The number of nitrogens with one attached hydrogen (secondary N) is 1. The lowest BCUT2D eigenvalue weighted by Gasteiger charge is -2.28. The predicted molar refractivity (Wildman–Crippen MR) is 62.3 cm³/mol. The van der Waals surface area contributed by atoms with Gasteiger partial charge in [-0.15, -0.1) is 0 Å². The van der Waals surface area contributed by atoms with Gasteiger partial charge in [-0.3, -0.25) is 0 Å². The van der Waals surface area contributed by atoms with E-state index in [4.69, 9.17) is 0 Å². The summed E-state index contributed by atoms with van der Waals surface area (Å²) < 4.78 is 24.6. The van der Waals surface area contributed by atoms with E-state index in [1.165, 1.54) is 6.26 Å². The molecule has 1 rings (SSSR count). The molecule has 4 nitrogen and oxygen atoms in total. The predicted octanol–water partition coefficient (Wildman–Crippen LogP) is 0.658. The Morgan fingerprint density at radius 1 is 1.33 bits per heavy atom. The lowest BCUT2D eigenvalue weighted by molar-refractivity contribution is 0.289. The van der Waals surface area contributed by atoms with Crippen LogP contribution < -0.4 is 5.32 Å². The van der Waals surface area contributed by atoms with Crippen LogP contribution in [0.5, 0.6) is 0 Å². The van der Waals surface area contributed by atoms with Crippen LogP contribution in [0, 0.1) is 5.92 Å². The summed E-state index contributed by atoms with van der Waals surface area (Å²) in [5.41, 5.74) is 0. The quantitative estimate of drug-likeness (QED) is 0.760. The summed E-state index contributed by atoms with van der Waals surface area (Å²) in [7, 11) is -3.01. The van der Waals surface area contributed by atoms with Crippen LogP contribution in [0.2, 0.25) is 0 Å². The van der Waals surface area contributed by atoms with Crippen LogP contribution in [-0.2, 0) is 10.0 Å². The Balaban J connectivity index is 2.50. The molecule has 0 saturated carbocycles. The molecule has 1 aliphatic heterocycles. The van der Waals surface area contributed by atoms with Crippen molar-refractivity contribution in [2.75, 3.05) is 32.4 Å². The molecule has 0 atom stereocenters. The molecule has 1 heterocycles. The monoisotopic (exact) mass is 234 g/mol. The zero-order valence-electron chi connectivity index (χ0n) is 9.70. The highest BCUT2D eigenvalue weighted by atomic mass is 32.2. The number of rotatable bonds is 5. The van der Waals surface area contributed by atoms with Crippen LogP contribution in [0.15, 0.2) is 0 Å². The van der Waals surface area contributed by atoms with E-state index in [-0.39, 0.29) is 0 Å². The van der Waals surface area contributed by atoms with Crippen molar-refractivity contribution < 1.29 is 8.42 Å². The summed E-state index contributed by atoms with van der Waals surface area (Å²) in [6.45, 7) is 5.42. The molecule has 1 saturated heterocycles. The lowest BCUT2D eigenvalue weighted by Crippen LogP contribution is -2.39. The van der Waals surface area contributed by atoms with Gasteiger partial charge in [0.2, 0.25) is 10.0 Å². The SMILES string of the molecule is CCCN(CC1CCNCC1)S(C)(=O)=O. The molecule has 1 N–H and O–H groups in total. The number of sulfonamides is 1. The summed E-state index contributed by atoms with van der Waals surface area (Å²) in [5, 5.41) is 3.29. The fourth-order valence-corrected chi connectivity index (χ4v) is 2.99. The molecular weight excluding hydrogens is 212 g/mol. The first kappa shape index (κ1) is 12.9. The van der Waals surface area contributed by atoms with Crippen molar-refractivity contribution in [3.8, 4) is 0 Å². The smallest absolute Gasteiger partial charge is 0.211 e. The van der Waals surface area contributed by atoms with Crippen molar-refractivity contribution in [2.45, 2.75) is 26.2 Å². The molecular formula is C10H22N2O2S. The highest BCUT2D eigenvalue weighted by molar-refractivity contribution is 7.88. The molecule has 0 aromatic heterocycles. The summed E-state index contributed by atoms with van der Waals surface area (Å²) in [4.78, 5) is 0. The Labute approximate surface area is 93.1 Å². The van der Waals surface area contributed by atoms with Gasteiger partial charge in [0.1, 0.15) is 0 Å². The third-order valence-corrected chi connectivity index (χ3v) is 4.13. The van der Waals surface area contributed by atoms with Crippen LogP contribution in [-0.4, -0.2) is 45.2 Å². The average molecular weight is 234 g/mol. The lowest BCUT2D eigenvalue weighted by atomic mass is 9.98. The number of piperidine rings is 1. The van der Waals surface area contributed by atoms with Gasteiger partial charge in [0.15, 0.2) is 0 Å². The summed E-state index contributed by atoms with van der Waals surface area (Å²) in [6.07, 6.45) is 4.38. The van der Waals surface area contributed by atoms with Gasteiger partial charge >= 0.3 is 0 Å². The van der Waals surface area contributed by atoms with E-state index in [1.807, 2.05) is 6.92 Å². The topological polar surface area (TPSA) is 49.4 Å². The molecule has 0 aliphatic carbocycles. The third-order valence-electron chi connectivity index (χ3n) is 2.86. The highest BCUT2D eigenvalue weighted by Gasteiger charge is 2.21. The van der Waals surface area contributed by atoms with Crippen molar-refractivity contribution in [3.05, 3.63) is 0 Å². The maximum atomic E-state index is 11.5. The van der Waals surface area contributed by atoms with E-state index in [0.29, 0.717) is 19.0 Å². The molecule has 90 valence electrons. The maximum Gasteiger partial charge on any atom is 0.211 e. The Kier molecular flexibility index (Phi) is 5.02. The third kappa shape index (κ3) is 4.49. The molecule has 15 heavy (non-hydrogen) atoms. The molecule has 0 amide bonds. The van der Waals surface area contributed by atoms with Gasteiger partial charge in [0.05, 0.1) is 6.26 Å². The first-order valence-corrected chi connectivity index (χ1v) is 7.54. The molecule has 0 aromatic rings. The Hall–Kier alpha value is -0.130. The minimum atomic E-state index is -3.01. The van der Waals surface area contributed by atoms with Crippen LogP contribution in [0.1, 0.15) is 26.2 Å². The molecule has 0 radical (unpaired) electrons. The normalized spacial score (nSPS) is 19.7. The second-order valence-electron chi connectivity index (χ2n) is 4.31. The summed E-state index contributed by atoms with van der Waals surface area (Å²) >= 11 is 0. The Morgan fingerprint density at radius 3 is 2.40 bits per heavy atom. The zero-order valence-corrected chi connectivity index (χ0v) is 10.5. The minimum absolute atomic E-state index is 0.535. The molecule has 0 bridgehead atoms. The van der Waals surface area contributed by atoms with Gasteiger partial charge in [-0.05, 0) is 38.3 Å². The molecule has 0 spiro atoms. The van der Waals surface area contributed by atoms with Crippen molar-refractivity contribution in [3.63, 3.8) is 0 Å². The molecule has 1 aliphatic rings. The van der Waals surface area contributed by atoms with Crippen molar-refractivity contribution >= 4 is 10.0 Å². The minimum Gasteiger partial charge on any atom is -0.317 e. The van der Waals surface area contributed by atoms with E-state index in [2.05, 4.69) is 5.32 Å². The fourth-order valence-electron chi connectivity index (χ4n) is 1.99. The summed E-state index contributed by atoms with van der Waals surface area (Å²) in [5.74, 6) is 0.535. The second-order valence-corrected chi connectivity index (χ2v) is 6.30. The van der Waals surface area contributed by atoms with E-state index in [9.17, 15) is 8.42 Å². The Bertz CT molecular complexity index is 271. The molecule has 5 heteroatoms. The first-order chi connectivity index (χ1) is 7.04. The zero-order chi connectivity index (χ0) is 11.3. The van der Waals surface area contributed by atoms with Crippen molar-refractivity contribution in [1.82, 2.24) is 9.62 Å². The first-order valence-electron chi connectivity index (χ1n) is 5.70. The standard InChI is InChI=1S/C10H22N2O2S/c1-3-8-12(15(2,13)14)9-10-4-6-11-7-5-10/h10-11H,3-9H2,1-2H3. The number of hydrogen-bond acceptors (Lipinski definition) is 3. The average Bonchev–Trinajstić information content (AvgIpc) is 2.17. The van der Waals surface area contributed by atoms with Gasteiger partial charge in [0.25, 0.3) is 0 Å². The van der Waals surface area contributed by atoms with Crippen LogP contribution in [0.4, 0.5) is 0 Å². The van der Waals surface area contributed by atoms with E-state index in [0.717, 1.165) is 32.4 Å².